The highest BCUT2D eigenvalue weighted by Crippen LogP contribution is 2.28. The number of urea groups is 1. The van der Waals surface area contributed by atoms with Crippen LogP contribution in [0.3, 0.4) is 0 Å². The third-order valence-corrected chi connectivity index (χ3v) is 3.39. The van der Waals surface area contributed by atoms with Gasteiger partial charge in [-0.3, -0.25) is 14.5 Å². The summed E-state index contributed by atoms with van der Waals surface area (Å²) < 4.78 is 5.25. The Morgan fingerprint density at radius 1 is 1.39 bits per heavy atom. The van der Waals surface area contributed by atoms with Crippen LogP contribution >= 0.6 is 0 Å². The molecule has 8 heteroatoms. The van der Waals surface area contributed by atoms with E-state index >= 15 is 0 Å². The number of imide groups is 1. The minimum atomic E-state index is -0.625. The summed E-state index contributed by atoms with van der Waals surface area (Å²) in [6, 6.07) is 4.05. The summed E-state index contributed by atoms with van der Waals surface area (Å²) in [5.41, 5.74) is 1.14. The third kappa shape index (κ3) is 3.91. The van der Waals surface area contributed by atoms with Crippen molar-refractivity contribution >= 4 is 29.2 Å². The molecule has 1 aliphatic rings. The number of nitrogens with one attached hydrogen (secondary N) is 3. The van der Waals surface area contributed by atoms with Crippen LogP contribution < -0.4 is 20.7 Å². The molecule has 23 heavy (non-hydrogen) atoms. The van der Waals surface area contributed by atoms with Gasteiger partial charge in [0.15, 0.2) is 0 Å². The Labute approximate surface area is 134 Å². The molecule has 0 saturated carbocycles. The van der Waals surface area contributed by atoms with Crippen LogP contribution in [0, 0.1) is 0 Å². The highest BCUT2D eigenvalue weighted by molar-refractivity contribution is 5.99. The van der Waals surface area contributed by atoms with Crippen LogP contribution in [0.25, 0.3) is 0 Å². The number of carbonyl (C=O) groups excluding carboxylic acids is 3. The van der Waals surface area contributed by atoms with Gasteiger partial charge in [0.05, 0.1) is 12.8 Å². The molecule has 0 aliphatic carbocycles. The van der Waals surface area contributed by atoms with Gasteiger partial charge in [-0.15, -0.1) is 0 Å². The summed E-state index contributed by atoms with van der Waals surface area (Å²) in [6.45, 7) is 3.89. The minimum Gasteiger partial charge on any atom is -0.495 e. The largest absolute Gasteiger partial charge is 0.495 e. The molecule has 1 saturated heterocycles. The Morgan fingerprint density at radius 3 is 2.70 bits per heavy atom. The van der Waals surface area contributed by atoms with Gasteiger partial charge in [-0.25, -0.2) is 4.79 Å². The molecule has 124 valence electrons. The highest BCUT2D eigenvalue weighted by atomic mass is 16.5. The first-order valence-electron chi connectivity index (χ1n) is 7.23. The quantitative estimate of drug-likeness (QED) is 0.752. The van der Waals surface area contributed by atoms with Crippen molar-refractivity contribution in [2.24, 2.45) is 0 Å². The Bertz CT molecular complexity index is 632. The summed E-state index contributed by atoms with van der Waals surface area (Å²) >= 11 is 0. The second-order valence-corrected chi connectivity index (χ2v) is 5.18. The Balaban J connectivity index is 2.15. The van der Waals surface area contributed by atoms with Crippen LogP contribution in [0.4, 0.5) is 16.2 Å². The fraction of sp³-hybridized carbons (Fsp3) is 0.400. The molecule has 0 bridgehead atoms. The SMILES string of the molecule is COc1ccc(NC(C)=O)cc1N[C@H](C)C(=O)N1CCNC1=O. The van der Waals surface area contributed by atoms with E-state index in [0.29, 0.717) is 30.2 Å². The van der Waals surface area contributed by atoms with Gasteiger partial charge in [-0.05, 0) is 25.1 Å². The van der Waals surface area contributed by atoms with Crippen molar-refractivity contribution in [3.63, 3.8) is 0 Å². The summed E-state index contributed by atoms with van der Waals surface area (Å²) in [5, 5.41) is 8.28. The van der Waals surface area contributed by atoms with E-state index in [9.17, 15) is 14.4 Å². The van der Waals surface area contributed by atoms with E-state index in [0.717, 1.165) is 0 Å². The van der Waals surface area contributed by atoms with Gasteiger partial charge in [0.1, 0.15) is 11.8 Å². The highest BCUT2D eigenvalue weighted by Gasteiger charge is 2.30. The normalized spacial score (nSPS) is 14.9. The fourth-order valence-corrected chi connectivity index (χ4v) is 2.31. The minimum absolute atomic E-state index is 0.195. The topological polar surface area (TPSA) is 99.8 Å². The molecule has 8 nitrogen and oxygen atoms in total. The molecule has 0 unspecified atom stereocenters. The van der Waals surface area contributed by atoms with Crippen molar-refractivity contribution in [1.82, 2.24) is 10.2 Å². The van der Waals surface area contributed by atoms with Crippen molar-refractivity contribution in [2.75, 3.05) is 30.8 Å². The first-order valence-corrected chi connectivity index (χ1v) is 7.23. The van der Waals surface area contributed by atoms with Crippen molar-refractivity contribution in [3.8, 4) is 5.75 Å². The van der Waals surface area contributed by atoms with Crippen molar-refractivity contribution < 1.29 is 19.1 Å². The molecule has 0 spiro atoms. The number of rotatable bonds is 5. The second-order valence-electron chi connectivity index (χ2n) is 5.18. The van der Waals surface area contributed by atoms with Crippen LogP contribution in [-0.2, 0) is 9.59 Å². The van der Waals surface area contributed by atoms with Gasteiger partial charge < -0.3 is 20.7 Å². The molecule has 0 aromatic heterocycles. The van der Waals surface area contributed by atoms with E-state index in [1.54, 1.807) is 25.1 Å². The predicted molar refractivity (Wildman–Crippen MR) is 85.5 cm³/mol. The summed E-state index contributed by atoms with van der Waals surface area (Å²) in [6.07, 6.45) is 0. The maximum absolute atomic E-state index is 12.3. The lowest BCUT2D eigenvalue weighted by Crippen LogP contribution is -2.43. The lowest BCUT2D eigenvalue weighted by atomic mass is 10.2. The van der Waals surface area contributed by atoms with Crippen LogP contribution in [0.15, 0.2) is 18.2 Å². The average Bonchev–Trinajstić information content (AvgIpc) is 2.92. The predicted octanol–water partition coefficient (Wildman–Crippen LogP) is 1.01. The van der Waals surface area contributed by atoms with Crippen molar-refractivity contribution in [3.05, 3.63) is 18.2 Å². The van der Waals surface area contributed by atoms with E-state index < -0.39 is 6.04 Å². The Hall–Kier alpha value is -2.77. The van der Waals surface area contributed by atoms with E-state index in [1.165, 1.54) is 18.9 Å². The number of methoxy groups -OCH3 is 1. The van der Waals surface area contributed by atoms with Crippen molar-refractivity contribution in [2.45, 2.75) is 19.9 Å². The van der Waals surface area contributed by atoms with Gasteiger partial charge in [-0.2, -0.15) is 0 Å². The number of carbonyl (C=O) groups is 3. The first kappa shape index (κ1) is 16.6. The average molecular weight is 320 g/mol. The van der Waals surface area contributed by atoms with Crippen LogP contribution in [-0.4, -0.2) is 49.0 Å². The lowest BCUT2D eigenvalue weighted by molar-refractivity contribution is -0.128. The van der Waals surface area contributed by atoms with E-state index in [4.69, 9.17) is 4.74 Å². The van der Waals surface area contributed by atoms with Crippen LogP contribution in [0.5, 0.6) is 5.75 Å². The number of hydrogen-bond donors (Lipinski definition) is 3. The zero-order chi connectivity index (χ0) is 17.0. The van der Waals surface area contributed by atoms with Gasteiger partial charge in [0, 0.05) is 25.7 Å². The number of benzene rings is 1. The number of nitrogens with zero attached hydrogens (tertiary/aromatic N) is 1. The molecule has 1 aromatic carbocycles. The van der Waals surface area contributed by atoms with Gasteiger partial charge in [0.2, 0.25) is 5.91 Å². The first-order chi connectivity index (χ1) is 10.9. The molecule has 1 aliphatic heterocycles. The molecule has 1 atom stereocenters. The van der Waals surface area contributed by atoms with Gasteiger partial charge in [0.25, 0.3) is 5.91 Å². The molecule has 4 amide bonds. The standard InChI is InChI=1S/C15H20N4O4/c1-9(14(21)19-7-6-16-15(19)22)17-12-8-11(18-10(2)20)4-5-13(12)23-3/h4-5,8-9,17H,6-7H2,1-3H3,(H,16,22)(H,18,20)/t9-/m1/s1. The van der Waals surface area contributed by atoms with Crippen molar-refractivity contribution in [1.29, 1.82) is 0 Å². The summed E-state index contributed by atoms with van der Waals surface area (Å²) in [4.78, 5) is 36.2. The van der Waals surface area contributed by atoms with E-state index in [2.05, 4.69) is 16.0 Å². The van der Waals surface area contributed by atoms with E-state index in [1.807, 2.05) is 0 Å². The van der Waals surface area contributed by atoms with Gasteiger partial charge in [-0.1, -0.05) is 0 Å². The monoisotopic (exact) mass is 320 g/mol. The maximum atomic E-state index is 12.3. The number of ether oxygens (including phenoxy) is 1. The lowest BCUT2D eigenvalue weighted by Gasteiger charge is -2.21. The number of amides is 4. The Morgan fingerprint density at radius 2 is 2.13 bits per heavy atom. The number of hydrogen-bond acceptors (Lipinski definition) is 5. The third-order valence-electron chi connectivity index (χ3n) is 3.39. The molecule has 1 aromatic rings. The molecular formula is C15H20N4O4. The maximum Gasteiger partial charge on any atom is 0.324 e. The molecule has 1 heterocycles. The molecule has 1 fully saturated rings. The zero-order valence-corrected chi connectivity index (χ0v) is 13.3. The van der Waals surface area contributed by atoms with Crippen LogP contribution in [0.1, 0.15) is 13.8 Å². The smallest absolute Gasteiger partial charge is 0.324 e. The fourth-order valence-electron chi connectivity index (χ4n) is 2.31. The molecule has 3 N–H and O–H groups in total. The van der Waals surface area contributed by atoms with Gasteiger partial charge >= 0.3 is 6.03 Å². The van der Waals surface area contributed by atoms with E-state index in [-0.39, 0.29) is 17.8 Å². The molecular weight excluding hydrogens is 300 g/mol. The summed E-state index contributed by atoms with van der Waals surface area (Å²) in [5.74, 6) is 0.00980. The zero-order valence-electron chi connectivity index (χ0n) is 13.3. The Kier molecular flexibility index (Phi) is 5.05. The molecule has 2 rings (SSSR count). The van der Waals surface area contributed by atoms with Crippen LogP contribution in [0.2, 0.25) is 0 Å². The number of anilines is 2. The molecule has 0 radical (unpaired) electrons. The summed E-state index contributed by atoms with van der Waals surface area (Å²) in [7, 11) is 1.51. The second kappa shape index (κ2) is 6.99.